The average Bonchev–Trinajstić information content (AvgIpc) is 2.32. The maximum absolute atomic E-state index is 9.25. The molecule has 0 aromatic heterocycles. The second-order valence-electron chi connectivity index (χ2n) is 2.53. The van der Waals surface area contributed by atoms with Crippen LogP contribution < -0.4 is 0 Å². The summed E-state index contributed by atoms with van der Waals surface area (Å²) in [7, 11) is 0. The van der Waals surface area contributed by atoms with Crippen molar-refractivity contribution in [3.8, 4) is 5.75 Å². The fraction of sp³-hybridized carbons (Fsp3) is 0.111. The van der Waals surface area contributed by atoms with E-state index in [9.17, 15) is 5.11 Å². The van der Waals surface area contributed by atoms with E-state index in [2.05, 4.69) is 6.08 Å². The van der Waals surface area contributed by atoms with Gasteiger partial charge in [0.15, 0.2) is 0 Å². The van der Waals surface area contributed by atoms with Crippen LogP contribution >= 0.6 is 0 Å². The van der Waals surface area contributed by atoms with Gasteiger partial charge in [-0.3, -0.25) is 0 Å². The molecular weight excluding hydrogens is 140 g/mol. The molecule has 1 unspecified atom stereocenters. The highest BCUT2D eigenvalue weighted by atomic mass is 16.3. The van der Waals surface area contributed by atoms with Crippen LogP contribution in [-0.4, -0.2) is 10.2 Å². The van der Waals surface area contributed by atoms with Gasteiger partial charge >= 0.3 is 0 Å². The molecule has 2 heteroatoms. The molecule has 1 atom stereocenters. The number of benzene rings is 1. The molecule has 0 saturated carbocycles. The highest BCUT2D eigenvalue weighted by molar-refractivity contribution is 5.60. The van der Waals surface area contributed by atoms with Gasteiger partial charge < -0.3 is 10.2 Å². The fourth-order valence-corrected chi connectivity index (χ4v) is 1.19. The Labute approximate surface area is 64.4 Å². The Bertz CT molecular complexity index is 315. The third kappa shape index (κ3) is 0.917. The topological polar surface area (TPSA) is 40.5 Å². The van der Waals surface area contributed by atoms with E-state index in [-0.39, 0.29) is 5.75 Å². The average molecular weight is 147 g/mol. The molecule has 2 rings (SSSR count). The summed E-state index contributed by atoms with van der Waals surface area (Å²) in [5.74, 6) is 0.218. The summed E-state index contributed by atoms with van der Waals surface area (Å²) >= 11 is 0. The number of rotatable bonds is 0. The van der Waals surface area contributed by atoms with E-state index in [1.807, 2.05) is 0 Å². The van der Waals surface area contributed by atoms with Gasteiger partial charge in [-0.2, -0.15) is 0 Å². The van der Waals surface area contributed by atoms with Crippen molar-refractivity contribution in [2.24, 2.45) is 0 Å². The first kappa shape index (κ1) is 6.43. The molecule has 1 radical (unpaired) electrons. The Morgan fingerprint density at radius 3 is 3.00 bits per heavy atom. The van der Waals surface area contributed by atoms with Gasteiger partial charge in [-0.25, -0.2) is 0 Å². The van der Waals surface area contributed by atoms with Crippen LogP contribution in [0.4, 0.5) is 0 Å². The van der Waals surface area contributed by atoms with Crippen molar-refractivity contribution in [2.45, 2.75) is 6.10 Å². The first-order valence-electron chi connectivity index (χ1n) is 3.37. The third-order valence-corrected chi connectivity index (χ3v) is 1.76. The number of phenolic OH excluding ortho intramolecular Hbond substituents is 1. The minimum absolute atomic E-state index is 0.218. The second kappa shape index (κ2) is 2.10. The molecule has 1 aromatic rings. The Kier molecular flexibility index (Phi) is 1.23. The molecule has 2 N–H and O–H groups in total. The highest BCUT2D eigenvalue weighted by Gasteiger charge is 2.14. The van der Waals surface area contributed by atoms with Crippen molar-refractivity contribution in [3.63, 3.8) is 0 Å². The van der Waals surface area contributed by atoms with Gasteiger partial charge in [-0.05, 0) is 35.4 Å². The lowest BCUT2D eigenvalue weighted by atomic mass is 10.1. The van der Waals surface area contributed by atoms with Crippen LogP contribution in [0, 0.1) is 6.08 Å². The van der Waals surface area contributed by atoms with Gasteiger partial charge in [-0.1, -0.05) is 6.07 Å². The summed E-state index contributed by atoms with van der Waals surface area (Å²) < 4.78 is 0. The zero-order valence-electron chi connectivity index (χ0n) is 5.78. The minimum Gasteiger partial charge on any atom is -0.508 e. The van der Waals surface area contributed by atoms with Crippen LogP contribution in [0.25, 0.3) is 6.08 Å². The van der Waals surface area contributed by atoms with E-state index in [0.717, 1.165) is 11.1 Å². The normalized spacial score (nSPS) is 20.3. The Balaban J connectivity index is 2.58. The summed E-state index contributed by atoms with van der Waals surface area (Å²) in [6.07, 6.45) is 3.79. The Hall–Kier alpha value is -1.28. The molecule has 0 saturated heterocycles. The van der Waals surface area contributed by atoms with Gasteiger partial charge in [-0.15, -0.1) is 0 Å². The zero-order valence-corrected chi connectivity index (χ0v) is 5.78. The number of aliphatic hydroxyl groups is 1. The smallest absolute Gasteiger partial charge is 0.116 e. The molecular formula is C9H7O2. The van der Waals surface area contributed by atoms with E-state index >= 15 is 0 Å². The lowest BCUT2D eigenvalue weighted by molar-refractivity contribution is 0.225. The summed E-state index contributed by atoms with van der Waals surface area (Å²) in [5, 5.41) is 18.3. The number of hydrogen-bond acceptors (Lipinski definition) is 2. The van der Waals surface area contributed by atoms with Crippen molar-refractivity contribution < 1.29 is 10.2 Å². The fourth-order valence-electron chi connectivity index (χ4n) is 1.19. The van der Waals surface area contributed by atoms with Gasteiger partial charge in [0.25, 0.3) is 0 Å². The largest absolute Gasteiger partial charge is 0.508 e. The number of phenols is 1. The van der Waals surface area contributed by atoms with Crippen molar-refractivity contribution in [1.82, 2.24) is 0 Å². The zero-order chi connectivity index (χ0) is 7.84. The van der Waals surface area contributed by atoms with E-state index in [0.29, 0.717) is 0 Å². The van der Waals surface area contributed by atoms with E-state index < -0.39 is 6.10 Å². The summed E-state index contributed by atoms with van der Waals surface area (Å²) in [5.41, 5.74) is 1.65. The number of aromatic hydroxyl groups is 1. The number of hydrogen-bond donors (Lipinski definition) is 2. The maximum Gasteiger partial charge on any atom is 0.116 e. The molecule has 1 aromatic carbocycles. The van der Waals surface area contributed by atoms with Gasteiger partial charge in [0.1, 0.15) is 11.9 Å². The summed E-state index contributed by atoms with van der Waals surface area (Å²) in [6.45, 7) is 0. The molecule has 0 fully saturated rings. The van der Waals surface area contributed by atoms with Gasteiger partial charge in [0.2, 0.25) is 0 Å². The standard InChI is InChI=1S/C9H7O2/c10-7-2-3-8-6(5-7)1-4-9(8)11/h1-3,5,9-11H. The van der Waals surface area contributed by atoms with Crippen LogP contribution in [0.3, 0.4) is 0 Å². The van der Waals surface area contributed by atoms with Crippen LogP contribution in [0.15, 0.2) is 18.2 Å². The number of aliphatic hydroxyl groups excluding tert-OH is 1. The lowest BCUT2D eigenvalue weighted by Crippen LogP contribution is -1.89. The molecule has 0 aliphatic heterocycles. The van der Waals surface area contributed by atoms with E-state index in [1.165, 1.54) is 0 Å². The van der Waals surface area contributed by atoms with Gasteiger partial charge in [0, 0.05) is 0 Å². The molecule has 1 aliphatic rings. The molecule has 2 nitrogen and oxygen atoms in total. The quantitative estimate of drug-likeness (QED) is 0.580. The lowest BCUT2D eigenvalue weighted by Gasteiger charge is -2.02. The first-order valence-corrected chi connectivity index (χ1v) is 3.37. The van der Waals surface area contributed by atoms with Crippen molar-refractivity contribution in [2.75, 3.05) is 0 Å². The predicted octanol–water partition coefficient (Wildman–Crippen LogP) is 1.26. The van der Waals surface area contributed by atoms with Crippen molar-refractivity contribution in [3.05, 3.63) is 35.4 Å². The Morgan fingerprint density at radius 1 is 1.36 bits per heavy atom. The second-order valence-corrected chi connectivity index (χ2v) is 2.53. The molecule has 55 valence electrons. The third-order valence-electron chi connectivity index (χ3n) is 1.76. The molecule has 0 amide bonds. The monoisotopic (exact) mass is 147 g/mol. The van der Waals surface area contributed by atoms with Crippen molar-refractivity contribution in [1.29, 1.82) is 0 Å². The van der Waals surface area contributed by atoms with Gasteiger partial charge in [0.05, 0.1) is 0 Å². The minimum atomic E-state index is -0.620. The van der Waals surface area contributed by atoms with Crippen LogP contribution in [0.5, 0.6) is 5.75 Å². The molecule has 0 spiro atoms. The SMILES string of the molecule is Oc1ccc2c(c1)C=[C]C2O. The summed E-state index contributed by atoms with van der Waals surface area (Å²) in [4.78, 5) is 0. The Morgan fingerprint density at radius 2 is 2.18 bits per heavy atom. The van der Waals surface area contributed by atoms with Crippen LogP contribution in [-0.2, 0) is 0 Å². The molecule has 1 aliphatic carbocycles. The van der Waals surface area contributed by atoms with Crippen LogP contribution in [0.2, 0.25) is 0 Å². The molecule has 0 bridgehead atoms. The number of fused-ring (bicyclic) bond motifs is 1. The highest BCUT2D eigenvalue weighted by Crippen LogP contribution is 2.29. The van der Waals surface area contributed by atoms with Crippen LogP contribution in [0.1, 0.15) is 17.2 Å². The molecule has 0 heterocycles. The molecule has 11 heavy (non-hydrogen) atoms. The first-order chi connectivity index (χ1) is 5.27. The predicted molar refractivity (Wildman–Crippen MR) is 40.8 cm³/mol. The van der Waals surface area contributed by atoms with E-state index in [1.54, 1.807) is 24.3 Å². The van der Waals surface area contributed by atoms with Crippen molar-refractivity contribution >= 4 is 6.08 Å². The van der Waals surface area contributed by atoms with E-state index in [4.69, 9.17) is 5.11 Å². The summed E-state index contributed by atoms with van der Waals surface area (Å²) in [6, 6.07) is 4.87. The maximum atomic E-state index is 9.25.